The van der Waals surface area contributed by atoms with Crippen LogP contribution in [0.2, 0.25) is 5.02 Å². The second-order valence-electron chi connectivity index (χ2n) is 3.32. The summed E-state index contributed by atoms with van der Waals surface area (Å²) in [6.07, 6.45) is 0.782. The Hall–Kier alpha value is -1.55. The van der Waals surface area contributed by atoms with E-state index in [4.69, 9.17) is 16.1 Å². The smallest absolute Gasteiger partial charge is 0.245 e. The molecule has 4 nitrogen and oxygen atoms in total. The maximum Gasteiger partial charge on any atom is 0.245 e. The number of aromatic nitrogens is 2. The molecule has 0 saturated heterocycles. The van der Waals surface area contributed by atoms with E-state index >= 15 is 0 Å². The zero-order chi connectivity index (χ0) is 11.4. The molecule has 0 bridgehead atoms. The lowest BCUT2D eigenvalue weighted by Crippen LogP contribution is -1.99. The zero-order valence-corrected chi connectivity index (χ0v) is 9.66. The Morgan fingerprint density at radius 3 is 2.69 bits per heavy atom. The van der Waals surface area contributed by atoms with Crippen LogP contribution in [0.3, 0.4) is 0 Å². The van der Waals surface area contributed by atoms with Crippen LogP contribution in [0.1, 0.15) is 18.6 Å². The van der Waals surface area contributed by atoms with Gasteiger partial charge in [-0.15, -0.1) is 0 Å². The van der Waals surface area contributed by atoms with E-state index in [1.807, 2.05) is 31.2 Å². The molecule has 5 heteroatoms. The van der Waals surface area contributed by atoms with Gasteiger partial charge in [-0.1, -0.05) is 23.7 Å². The molecule has 2 aromatic rings. The van der Waals surface area contributed by atoms with Gasteiger partial charge in [0.1, 0.15) is 0 Å². The maximum absolute atomic E-state index is 5.78. The minimum atomic E-state index is 0.522. The van der Waals surface area contributed by atoms with Crippen molar-refractivity contribution in [2.75, 3.05) is 5.32 Å². The Morgan fingerprint density at radius 1 is 1.31 bits per heavy atom. The van der Waals surface area contributed by atoms with Gasteiger partial charge in [-0.2, -0.15) is 4.98 Å². The van der Waals surface area contributed by atoms with Gasteiger partial charge in [0.05, 0.1) is 6.54 Å². The maximum atomic E-state index is 5.78. The number of rotatable bonds is 4. The Morgan fingerprint density at radius 2 is 2.06 bits per heavy atom. The van der Waals surface area contributed by atoms with Crippen molar-refractivity contribution in [1.29, 1.82) is 0 Å². The van der Waals surface area contributed by atoms with Crippen LogP contribution in [-0.4, -0.2) is 10.1 Å². The van der Waals surface area contributed by atoms with E-state index in [9.17, 15) is 0 Å². The molecule has 0 amide bonds. The quantitative estimate of drug-likeness (QED) is 0.888. The van der Waals surface area contributed by atoms with Crippen molar-refractivity contribution in [3.05, 3.63) is 41.0 Å². The van der Waals surface area contributed by atoms with Crippen molar-refractivity contribution in [3.63, 3.8) is 0 Å². The predicted molar refractivity (Wildman–Crippen MR) is 62.5 cm³/mol. The highest BCUT2D eigenvalue weighted by Gasteiger charge is 2.03. The summed E-state index contributed by atoms with van der Waals surface area (Å²) in [4.78, 5) is 4.20. The van der Waals surface area contributed by atoms with E-state index in [0.717, 1.165) is 23.0 Å². The van der Waals surface area contributed by atoms with Crippen molar-refractivity contribution >= 4 is 17.3 Å². The first kappa shape index (κ1) is 11.0. The minimum absolute atomic E-state index is 0.522. The molecule has 1 heterocycles. The van der Waals surface area contributed by atoms with Crippen LogP contribution >= 0.6 is 11.6 Å². The molecule has 84 valence electrons. The highest BCUT2D eigenvalue weighted by molar-refractivity contribution is 6.30. The molecule has 0 unspecified atom stereocenters. The molecular weight excluding hydrogens is 226 g/mol. The second kappa shape index (κ2) is 4.99. The van der Waals surface area contributed by atoms with E-state index in [-0.39, 0.29) is 0 Å². The van der Waals surface area contributed by atoms with Gasteiger partial charge >= 0.3 is 0 Å². The summed E-state index contributed by atoms with van der Waals surface area (Å²) in [5.74, 6) is 1.32. The molecule has 0 saturated carbocycles. The summed E-state index contributed by atoms with van der Waals surface area (Å²) >= 11 is 5.78. The molecule has 16 heavy (non-hydrogen) atoms. The van der Waals surface area contributed by atoms with Crippen LogP contribution in [-0.2, 0) is 13.0 Å². The molecule has 1 N–H and O–H groups in total. The van der Waals surface area contributed by atoms with Crippen LogP contribution in [0.4, 0.5) is 5.69 Å². The van der Waals surface area contributed by atoms with E-state index in [1.54, 1.807) is 0 Å². The third kappa shape index (κ3) is 2.73. The number of hydrogen-bond acceptors (Lipinski definition) is 4. The Kier molecular flexibility index (Phi) is 3.41. The number of benzene rings is 1. The number of nitrogens with zero attached hydrogens (tertiary/aromatic N) is 2. The molecule has 2 rings (SSSR count). The highest BCUT2D eigenvalue weighted by atomic mass is 35.5. The largest absolute Gasteiger partial charge is 0.376 e. The molecule has 1 aromatic heterocycles. The summed E-state index contributed by atoms with van der Waals surface area (Å²) in [5, 5.41) is 7.70. The van der Waals surface area contributed by atoms with E-state index < -0.39 is 0 Å². The lowest BCUT2D eigenvalue weighted by Gasteiger charge is -2.02. The SMILES string of the molecule is CCc1noc(CNc2ccc(Cl)cc2)n1. The first-order chi connectivity index (χ1) is 7.78. The van der Waals surface area contributed by atoms with E-state index in [0.29, 0.717) is 12.4 Å². The van der Waals surface area contributed by atoms with Gasteiger partial charge < -0.3 is 9.84 Å². The summed E-state index contributed by atoms with van der Waals surface area (Å²) in [5.41, 5.74) is 0.973. The van der Waals surface area contributed by atoms with Gasteiger partial charge in [-0.3, -0.25) is 0 Å². The van der Waals surface area contributed by atoms with Crippen LogP contribution in [0.25, 0.3) is 0 Å². The van der Waals surface area contributed by atoms with Crippen molar-refractivity contribution in [1.82, 2.24) is 10.1 Å². The molecule has 1 aromatic carbocycles. The van der Waals surface area contributed by atoms with Crippen LogP contribution < -0.4 is 5.32 Å². The molecule has 0 aliphatic rings. The number of halogens is 1. The van der Waals surface area contributed by atoms with Gasteiger partial charge in [-0.05, 0) is 24.3 Å². The lowest BCUT2D eigenvalue weighted by molar-refractivity contribution is 0.378. The fourth-order valence-electron chi connectivity index (χ4n) is 1.25. The molecule has 0 aliphatic heterocycles. The summed E-state index contributed by atoms with van der Waals surface area (Å²) in [7, 11) is 0. The predicted octanol–water partition coefficient (Wildman–Crippen LogP) is 2.90. The monoisotopic (exact) mass is 237 g/mol. The van der Waals surface area contributed by atoms with Crippen molar-refractivity contribution in [3.8, 4) is 0 Å². The van der Waals surface area contributed by atoms with Crippen molar-refractivity contribution < 1.29 is 4.52 Å². The van der Waals surface area contributed by atoms with E-state index in [1.165, 1.54) is 0 Å². The first-order valence-corrected chi connectivity index (χ1v) is 5.46. The topological polar surface area (TPSA) is 51.0 Å². The fourth-order valence-corrected chi connectivity index (χ4v) is 1.38. The first-order valence-electron chi connectivity index (χ1n) is 5.09. The van der Waals surface area contributed by atoms with Gasteiger partial charge in [0.2, 0.25) is 5.89 Å². The molecule has 0 aliphatic carbocycles. The van der Waals surface area contributed by atoms with Crippen molar-refractivity contribution in [2.24, 2.45) is 0 Å². The zero-order valence-electron chi connectivity index (χ0n) is 8.90. The highest BCUT2D eigenvalue weighted by Crippen LogP contribution is 2.14. The van der Waals surface area contributed by atoms with Crippen LogP contribution in [0.15, 0.2) is 28.8 Å². The standard InChI is InChI=1S/C11H12ClN3O/c1-2-10-14-11(16-15-10)7-13-9-5-3-8(12)4-6-9/h3-6,13H,2,7H2,1H3. The normalized spacial score (nSPS) is 10.4. The lowest BCUT2D eigenvalue weighted by atomic mass is 10.3. The summed E-state index contributed by atoms with van der Waals surface area (Å²) < 4.78 is 5.05. The Bertz CT molecular complexity index is 453. The Balaban J connectivity index is 1.94. The molecule has 0 fully saturated rings. The third-order valence-electron chi connectivity index (χ3n) is 2.11. The molecule has 0 radical (unpaired) electrons. The third-order valence-corrected chi connectivity index (χ3v) is 2.37. The average molecular weight is 238 g/mol. The van der Waals surface area contributed by atoms with Crippen molar-refractivity contribution in [2.45, 2.75) is 19.9 Å². The van der Waals surface area contributed by atoms with Gasteiger partial charge in [0, 0.05) is 17.1 Å². The summed E-state index contributed by atoms with van der Waals surface area (Å²) in [6, 6.07) is 7.46. The molecule has 0 atom stereocenters. The van der Waals surface area contributed by atoms with Gasteiger partial charge in [0.15, 0.2) is 5.82 Å². The van der Waals surface area contributed by atoms with Crippen LogP contribution in [0, 0.1) is 0 Å². The number of anilines is 1. The van der Waals surface area contributed by atoms with E-state index in [2.05, 4.69) is 15.5 Å². The van der Waals surface area contributed by atoms with Crippen LogP contribution in [0.5, 0.6) is 0 Å². The fraction of sp³-hybridized carbons (Fsp3) is 0.273. The number of hydrogen-bond donors (Lipinski definition) is 1. The Labute approximate surface area is 98.6 Å². The number of nitrogens with one attached hydrogen (secondary N) is 1. The second-order valence-corrected chi connectivity index (χ2v) is 3.75. The molecular formula is C11H12ClN3O. The average Bonchev–Trinajstić information content (AvgIpc) is 2.76. The van der Waals surface area contributed by atoms with Gasteiger partial charge in [-0.25, -0.2) is 0 Å². The van der Waals surface area contributed by atoms with Gasteiger partial charge in [0.25, 0.3) is 0 Å². The molecule has 0 spiro atoms. The summed E-state index contributed by atoms with van der Waals surface area (Å²) in [6.45, 7) is 2.51. The minimum Gasteiger partial charge on any atom is -0.376 e. The number of aryl methyl sites for hydroxylation is 1.